The van der Waals surface area contributed by atoms with Crippen LogP contribution >= 0.6 is 0 Å². The van der Waals surface area contributed by atoms with Gasteiger partial charge in [0.2, 0.25) is 0 Å². The van der Waals surface area contributed by atoms with Gasteiger partial charge >= 0.3 is 17.8 Å². The molecule has 0 aliphatic carbocycles. The van der Waals surface area contributed by atoms with E-state index in [0.29, 0.717) is 0 Å². The van der Waals surface area contributed by atoms with Crippen LogP contribution in [0.5, 0.6) is 0 Å². The zero-order valence-electron chi connectivity index (χ0n) is 12.4. The highest BCUT2D eigenvalue weighted by Gasteiger charge is 2.22. The molecule has 0 fully saturated rings. The lowest BCUT2D eigenvalue weighted by atomic mass is 10.1. The molecule has 24 heavy (non-hydrogen) atoms. The van der Waals surface area contributed by atoms with Crippen molar-refractivity contribution >= 4 is 12.1 Å². The number of nitrogens with one attached hydrogen (secondary N) is 3. The van der Waals surface area contributed by atoms with Crippen LogP contribution < -0.4 is 16.6 Å². The van der Waals surface area contributed by atoms with Crippen LogP contribution in [0.1, 0.15) is 11.3 Å². The van der Waals surface area contributed by atoms with E-state index < -0.39 is 29.4 Å². The number of carbonyl (C=O) groups is 2. The summed E-state index contributed by atoms with van der Waals surface area (Å²) in [5.74, 6) is -1.33. The standard InChI is InChI=1S/C15H15N3O6/c19-12-7-10(16-14(22)18-12)6-11(13(20)21)17-15(23)24-8-9-4-2-1-3-5-9/h1-5,7,11H,6,8H2,(H,17,23)(H,20,21)(H2,16,18,19,22). The Balaban J connectivity index is 1.97. The Morgan fingerprint density at radius 1 is 1.17 bits per heavy atom. The second-order valence-corrected chi connectivity index (χ2v) is 4.91. The van der Waals surface area contributed by atoms with Gasteiger partial charge in [0, 0.05) is 18.2 Å². The molecular weight excluding hydrogens is 318 g/mol. The first kappa shape index (κ1) is 17.0. The number of ether oxygens (including phenoxy) is 1. The van der Waals surface area contributed by atoms with E-state index in [4.69, 9.17) is 9.84 Å². The van der Waals surface area contributed by atoms with Crippen molar-refractivity contribution in [1.29, 1.82) is 0 Å². The maximum absolute atomic E-state index is 11.7. The highest BCUT2D eigenvalue weighted by Crippen LogP contribution is 2.02. The first-order valence-corrected chi connectivity index (χ1v) is 6.96. The molecule has 1 heterocycles. The van der Waals surface area contributed by atoms with E-state index in [1.54, 1.807) is 24.3 Å². The van der Waals surface area contributed by atoms with Crippen LogP contribution in [-0.2, 0) is 22.6 Å². The Hall–Kier alpha value is -3.36. The first-order valence-electron chi connectivity index (χ1n) is 6.96. The molecule has 1 amide bonds. The van der Waals surface area contributed by atoms with Crippen LogP contribution in [0.15, 0.2) is 46.0 Å². The van der Waals surface area contributed by atoms with Gasteiger partial charge in [0.25, 0.3) is 5.56 Å². The number of amides is 1. The van der Waals surface area contributed by atoms with Crippen LogP contribution in [0.25, 0.3) is 0 Å². The number of H-pyrrole nitrogens is 2. The lowest BCUT2D eigenvalue weighted by Crippen LogP contribution is -2.43. The maximum atomic E-state index is 11.7. The Morgan fingerprint density at radius 3 is 2.50 bits per heavy atom. The molecule has 126 valence electrons. The SMILES string of the molecule is O=C(NC(Cc1cc(=O)[nH]c(=O)[nH]1)C(=O)O)OCc1ccccc1. The third-order valence-electron chi connectivity index (χ3n) is 3.04. The van der Waals surface area contributed by atoms with Crippen LogP contribution in [0.4, 0.5) is 4.79 Å². The first-order chi connectivity index (χ1) is 11.4. The van der Waals surface area contributed by atoms with E-state index in [1.165, 1.54) is 0 Å². The molecule has 0 aliphatic heterocycles. The summed E-state index contributed by atoms with van der Waals surface area (Å²) in [7, 11) is 0. The topological polar surface area (TPSA) is 141 Å². The van der Waals surface area contributed by atoms with Crippen molar-refractivity contribution in [2.45, 2.75) is 19.1 Å². The largest absolute Gasteiger partial charge is 0.480 e. The zero-order valence-corrected chi connectivity index (χ0v) is 12.4. The van der Waals surface area contributed by atoms with Crippen LogP contribution in [0, 0.1) is 0 Å². The summed E-state index contributed by atoms with van der Waals surface area (Å²) in [6.45, 7) is -0.0130. The summed E-state index contributed by atoms with van der Waals surface area (Å²) in [5.41, 5.74) is -0.587. The number of hydrogen-bond acceptors (Lipinski definition) is 5. The van der Waals surface area contributed by atoms with E-state index in [2.05, 4.69) is 10.3 Å². The Bertz CT molecular complexity index is 799. The third-order valence-corrected chi connectivity index (χ3v) is 3.04. The minimum Gasteiger partial charge on any atom is -0.480 e. The number of carboxylic acids is 1. The number of benzene rings is 1. The molecule has 2 aromatic rings. The average molecular weight is 333 g/mol. The number of aliphatic carboxylic acids is 1. The van der Waals surface area contributed by atoms with Gasteiger partial charge in [-0.05, 0) is 5.56 Å². The number of aromatic nitrogens is 2. The number of alkyl carbamates (subject to hydrolysis) is 1. The maximum Gasteiger partial charge on any atom is 0.408 e. The van der Waals surface area contributed by atoms with Gasteiger partial charge in [0.05, 0.1) is 0 Å². The number of hydrogen-bond donors (Lipinski definition) is 4. The van der Waals surface area contributed by atoms with Crippen molar-refractivity contribution in [2.75, 3.05) is 0 Å². The van der Waals surface area contributed by atoms with Crippen LogP contribution in [0.3, 0.4) is 0 Å². The normalized spacial score (nSPS) is 11.5. The van der Waals surface area contributed by atoms with Gasteiger partial charge in [0.15, 0.2) is 0 Å². The number of carbonyl (C=O) groups excluding carboxylic acids is 1. The van der Waals surface area contributed by atoms with Gasteiger partial charge < -0.3 is 20.1 Å². The van der Waals surface area contributed by atoms with Crippen molar-refractivity contribution in [3.05, 3.63) is 68.5 Å². The van der Waals surface area contributed by atoms with E-state index in [-0.39, 0.29) is 18.7 Å². The molecule has 0 radical (unpaired) electrons. The monoisotopic (exact) mass is 333 g/mol. The molecule has 2 rings (SSSR count). The molecule has 0 saturated heterocycles. The Morgan fingerprint density at radius 2 is 1.88 bits per heavy atom. The Labute approximate surface area is 135 Å². The van der Waals surface area contributed by atoms with E-state index in [9.17, 15) is 19.2 Å². The minimum atomic E-state index is -1.36. The van der Waals surface area contributed by atoms with Gasteiger partial charge in [-0.25, -0.2) is 14.4 Å². The van der Waals surface area contributed by atoms with Crippen LogP contribution in [-0.4, -0.2) is 33.2 Å². The van der Waals surface area contributed by atoms with Gasteiger partial charge in [-0.3, -0.25) is 9.78 Å². The van der Waals surface area contributed by atoms with E-state index in [0.717, 1.165) is 11.6 Å². The second-order valence-electron chi connectivity index (χ2n) is 4.91. The average Bonchev–Trinajstić information content (AvgIpc) is 2.52. The lowest BCUT2D eigenvalue weighted by Gasteiger charge is -2.14. The molecule has 0 bridgehead atoms. The third kappa shape index (κ3) is 5.13. The second kappa shape index (κ2) is 7.77. The van der Waals surface area contributed by atoms with Crippen molar-refractivity contribution in [2.24, 2.45) is 0 Å². The van der Waals surface area contributed by atoms with E-state index >= 15 is 0 Å². The van der Waals surface area contributed by atoms with Crippen LogP contribution in [0.2, 0.25) is 0 Å². The number of rotatable bonds is 6. The fourth-order valence-corrected chi connectivity index (χ4v) is 1.96. The highest BCUT2D eigenvalue weighted by atomic mass is 16.5. The molecular formula is C15H15N3O6. The fourth-order valence-electron chi connectivity index (χ4n) is 1.96. The van der Waals surface area contributed by atoms with Crippen molar-refractivity contribution in [3.63, 3.8) is 0 Å². The van der Waals surface area contributed by atoms with Gasteiger partial charge in [-0.2, -0.15) is 0 Å². The van der Waals surface area contributed by atoms with Gasteiger partial charge in [-0.15, -0.1) is 0 Å². The summed E-state index contributed by atoms with van der Waals surface area (Å²) in [6, 6.07) is 8.57. The molecule has 4 N–H and O–H groups in total. The van der Waals surface area contributed by atoms with Crippen molar-refractivity contribution in [1.82, 2.24) is 15.3 Å². The summed E-state index contributed by atoms with van der Waals surface area (Å²) in [6.07, 6.45) is -1.19. The van der Waals surface area contributed by atoms with E-state index in [1.807, 2.05) is 11.1 Å². The summed E-state index contributed by atoms with van der Waals surface area (Å²) < 4.78 is 4.94. The van der Waals surface area contributed by atoms with Crippen molar-refractivity contribution in [3.8, 4) is 0 Å². The summed E-state index contributed by atoms with van der Waals surface area (Å²) >= 11 is 0. The predicted molar refractivity (Wildman–Crippen MR) is 82.6 cm³/mol. The molecule has 1 unspecified atom stereocenters. The molecule has 0 aliphatic rings. The van der Waals surface area contributed by atoms with Gasteiger partial charge in [0.1, 0.15) is 12.6 Å². The number of aromatic amines is 2. The molecule has 1 atom stereocenters. The predicted octanol–water partition coefficient (Wildman–Crippen LogP) is -0.0147. The Kier molecular flexibility index (Phi) is 5.50. The highest BCUT2D eigenvalue weighted by molar-refractivity contribution is 5.80. The summed E-state index contributed by atoms with van der Waals surface area (Å²) in [5, 5.41) is 11.3. The smallest absolute Gasteiger partial charge is 0.408 e. The lowest BCUT2D eigenvalue weighted by molar-refractivity contribution is -0.139. The molecule has 9 heteroatoms. The zero-order chi connectivity index (χ0) is 17.5. The summed E-state index contributed by atoms with van der Waals surface area (Å²) in [4.78, 5) is 49.6. The number of carboxylic acid groups (broad SMARTS) is 1. The van der Waals surface area contributed by atoms with Crippen molar-refractivity contribution < 1.29 is 19.4 Å². The minimum absolute atomic E-state index is 0.0130. The molecule has 9 nitrogen and oxygen atoms in total. The molecule has 0 spiro atoms. The molecule has 1 aromatic carbocycles. The molecule has 0 saturated carbocycles. The van der Waals surface area contributed by atoms with Gasteiger partial charge in [-0.1, -0.05) is 30.3 Å². The fraction of sp³-hybridized carbons (Fsp3) is 0.200. The molecule has 1 aromatic heterocycles. The quantitative estimate of drug-likeness (QED) is 0.585.